The summed E-state index contributed by atoms with van der Waals surface area (Å²) in [6.07, 6.45) is -5.71. The minimum atomic E-state index is -1.69. The predicted octanol–water partition coefficient (Wildman–Crippen LogP) is -0.374. The summed E-state index contributed by atoms with van der Waals surface area (Å²) in [4.78, 5) is 14.3. The van der Waals surface area contributed by atoms with Crippen molar-refractivity contribution in [2.45, 2.75) is 43.0 Å². The van der Waals surface area contributed by atoms with Gasteiger partial charge in [0.15, 0.2) is 6.10 Å². The Morgan fingerprint density at radius 1 is 1.32 bits per heavy atom. The molecule has 31 heavy (non-hydrogen) atoms. The number of aromatic nitrogens is 2. The van der Waals surface area contributed by atoms with Gasteiger partial charge in [-0.05, 0) is 37.2 Å². The van der Waals surface area contributed by atoms with Gasteiger partial charge in [-0.25, -0.2) is 4.79 Å². The molecule has 10 nitrogen and oxygen atoms in total. The second kappa shape index (κ2) is 10.2. The molecule has 0 saturated carbocycles. The van der Waals surface area contributed by atoms with E-state index >= 15 is 0 Å². The van der Waals surface area contributed by atoms with Gasteiger partial charge >= 0.3 is 5.97 Å². The van der Waals surface area contributed by atoms with Crippen LogP contribution in [-0.4, -0.2) is 98.8 Å². The fraction of sp³-hybridized carbons (Fsp3) is 0.600. The summed E-state index contributed by atoms with van der Waals surface area (Å²) in [5.41, 5.74) is 1.70. The van der Waals surface area contributed by atoms with Crippen molar-refractivity contribution >= 4 is 17.3 Å². The van der Waals surface area contributed by atoms with E-state index in [1.165, 1.54) is 11.3 Å². The van der Waals surface area contributed by atoms with Crippen LogP contribution < -0.4 is 0 Å². The fourth-order valence-electron chi connectivity index (χ4n) is 3.50. The van der Waals surface area contributed by atoms with E-state index in [0.717, 1.165) is 22.7 Å². The number of hydrogen-bond donors (Lipinski definition) is 4. The lowest BCUT2D eigenvalue weighted by atomic mass is 9.92. The zero-order chi connectivity index (χ0) is 22.7. The van der Waals surface area contributed by atoms with Crippen LogP contribution in [0.2, 0.25) is 0 Å². The molecule has 6 atom stereocenters. The first-order valence-electron chi connectivity index (χ1n) is 9.93. The summed E-state index contributed by atoms with van der Waals surface area (Å²) in [6, 6.07) is 3.81. The van der Waals surface area contributed by atoms with Crippen molar-refractivity contribution in [3.05, 3.63) is 39.8 Å². The number of aryl methyl sites for hydroxylation is 1. The number of rotatable bonds is 9. The van der Waals surface area contributed by atoms with Crippen LogP contribution in [-0.2, 0) is 27.7 Å². The predicted molar refractivity (Wildman–Crippen MR) is 112 cm³/mol. The molecular weight excluding hydrogens is 426 g/mol. The number of aliphatic hydroxyl groups excluding tert-OH is 3. The van der Waals surface area contributed by atoms with E-state index in [1.54, 1.807) is 10.9 Å². The molecule has 2 aromatic heterocycles. The molecule has 1 aliphatic rings. The van der Waals surface area contributed by atoms with E-state index in [4.69, 9.17) is 9.47 Å². The van der Waals surface area contributed by atoms with E-state index in [1.807, 2.05) is 43.6 Å². The molecule has 1 saturated heterocycles. The van der Waals surface area contributed by atoms with Crippen LogP contribution in [0, 0.1) is 0 Å². The van der Waals surface area contributed by atoms with Crippen LogP contribution in [0.1, 0.15) is 22.2 Å². The van der Waals surface area contributed by atoms with Crippen LogP contribution in [0.15, 0.2) is 23.7 Å². The molecule has 0 aliphatic carbocycles. The molecule has 3 heterocycles. The van der Waals surface area contributed by atoms with Gasteiger partial charge in [-0.2, -0.15) is 5.10 Å². The normalized spacial score (nSPS) is 27.5. The van der Waals surface area contributed by atoms with Gasteiger partial charge in [0.05, 0.1) is 18.4 Å². The molecular formula is C20H29N3O7S. The lowest BCUT2D eigenvalue weighted by molar-refractivity contribution is -0.227. The standard InChI is InChI=1S/C20H29N3O7S/c1-22(2)6-7-29-18(12-4-5-21-23(12)3)14-9-11(10-31-14)8-13-15(24)16(25)17(26)19(30-13)20(27)28/h4-5,9-10,13,15-19,24-26H,6-8H2,1-3H3,(H,27,28). The molecule has 2 aromatic rings. The summed E-state index contributed by atoms with van der Waals surface area (Å²) in [7, 11) is 5.78. The first-order valence-corrected chi connectivity index (χ1v) is 10.8. The molecule has 0 spiro atoms. The smallest absolute Gasteiger partial charge is 0.335 e. The Morgan fingerprint density at radius 2 is 2.06 bits per heavy atom. The van der Waals surface area contributed by atoms with Gasteiger partial charge in [0.2, 0.25) is 0 Å². The van der Waals surface area contributed by atoms with Crippen LogP contribution in [0.4, 0.5) is 0 Å². The quantitative estimate of drug-likeness (QED) is 0.399. The molecule has 172 valence electrons. The average molecular weight is 456 g/mol. The van der Waals surface area contributed by atoms with Gasteiger partial charge in [-0.15, -0.1) is 11.3 Å². The number of thiophene rings is 1. The minimum Gasteiger partial charge on any atom is -0.479 e. The summed E-state index contributed by atoms with van der Waals surface area (Å²) in [5.74, 6) is -1.39. The van der Waals surface area contributed by atoms with Gasteiger partial charge in [0.1, 0.15) is 24.4 Å². The van der Waals surface area contributed by atoms with Gasteiger partial charge < -0.3 is 34.8 Å². The molecule has 3 rings (SSSR count). The second-order valence-corrected chi connectivity index (χ2v) is 8.84. The van der Waals surface area contributed by atoms with E-state index in [2.05, 4.69) is 5.10 Å². The summed E-state index contributed by atoms with van der Waals surface area (Å²) < 4.78 is 13.3. The number of likely N-dealkylation sites (N-methyl/N-ethyl adjacent to an activating group) is 1. The molecule has 11 heteroatoms. The van der Waals surface area contributed by atoms with E-state index in [-0.39, 0.29) is 12.5 Å². The van der Waals surface area contributed by atoms with Crippen molar-refractivity contribution < 1.29 is 34.7 Å². The SMILES string of the molecule is CN(C)CCOC(c1cc(CC2OC(C(=O)O)C(O)C(O)C2O)cs1)c1ccnn1C. The Labute approximate surface area is 184 Å². The molecule has 1 fully saturated rings. The largest absolute Gasteiger partial charge is 0.479 e. The maximum atomic E-state index is 11.3. The van der Waals surface area contributed by atoms with Crippen molar-refractivity contribution in [1.29, 1.82) is 0 Å². The van der Waals surface area contributed by atoms with E-state index in [9.17, 15) is 25.2 Å². The third-order valence-electron chi connectivity index (χ3n) is 5.28. The number of hydrogen-bond acceptors (Lipinski definition) is 9. The number of carbonyl (C=O) groups is 1. The Kier molecular flexibility index (Phi) is 7.81. The molecule has 0 bridgehead atoms. The van der Waals surface area contributed by atoms with Gasteiger partial charge in [-0.1, -0.05) is 0 Å². The zero-order valence-corrected chi connectivity index (χ0v) is 18.5. The third-order valence-corrected chi connectivity index (χ3v) is 6.30. The molecule has 1 aliphatic heterocycles. The number of aliphatic carboxylic acids is 1. The second-order valence-electron chi connectivity index (χ2n) is 7.90. The molecule has 0 aromatic carbocycles. The lowest BCUT2D eigenvalue weighted by Gasteiger charge is -2.38. The first-order chi connectivity index (χ1) is 14.7. The first kappa shape index (κ1) is 23.8. The van der Waals surface area contributed by atoms with E-state index in [0.29, 0.717) is 6.61 Å². The highest BCUT2D eigenvalue weighted by Crippen LogP contribution is 2.32. The molecule has 6 unspecified atom stereocenters. The van der Waals surface area contributed by atoms with Crippen molar-refractivity contribution in [2.75, 3.05) is 27.2 Å². The Balaban J connectivity index is 1.76. The number of carboxylic acid groups (broad SMARTS) is 1. The Bertz CT molecular complexity index is 871. The van der Waals surface area contributed by atoms with Crippen LogP contribution in [0.3, 0.4) is 0 Å². The monoisotopic (exact) mass is 455 g/mol. The number of nitrogens with zero attached hydrogens (tertiary/aromatic N) is 3. The number of carboxylic acids is 1. The Hall–Kier alpha value is -1.86. The maximum absolute atomic E-state index is 11.3. The summed E-state index contributed by atoms with van der Waals surface area (Å²) in [6.45, 7) is 1.27. The number of aliphatic hydroxyl groups is 3. The van der Waals surface area contributed by atoms with Crippen molar-refractivity contribution in [1.82, 2.24) is 14.7 Å². The number of ether oxygens (including phenoxy) is 2. The molecule has 4 N–H and O–H groups in total. The van der Waals surface area contributed by atoms with Crippen molar-refractivity contribution in [2.24, 2.45) is 7.05 Å². The van der Waals surface area contributed by atoms with E-state index < -0.39 is 36.5 Å². The minimum absolute atomic E-state index is 0.182. The van der Waals surface area contributed by atoms with Crippen molar-refractivity contribution in [3.8, 4) is 0 Å². The van der Waals surface area contributed by atoms with Crippen molar-refractivity contribution in [3.63, 3.8) is 0 Å². The van der Waals surface area contributed by atoms with Gasteiger partial charge in [-0.3, -0.25) is 4.68 Å². The summed E-state index contributed by atoms with van der Waals surface area (Å²) >= 11 is 1.48. The molecule has 0 amide bonds. The zero-order valence-electron chi connectivity index (χ0n) is 17.7. The highest BCUT2D eigenvalue weighted by Gasteiger charge is 2.46. The molecule has 0 radical (unpaired) electrons. The van der Waals surface area contributed by atoms with Crippen LogP contribution in [0.25, 0.3) is 0 Å². The van der Waals surface area contributed by atoms with Crippen LogP contribution in [0.5, 0.6) is 0 Å². The summed E-state index contributed by atoms with van der Waals surface area (Å²) in [5, 5.41) is 45.5. The lowest BCUT2D eigenvalue weighted by Crippen LogP contribution is -2.60. The fourth-order valence-corrected chi connectivity index (χ4v) is 4.49. The highest BCUT2D eigenvalue weighted by molar-refractivity contribution is 7.10. The Morgan fingerprint density at radius 3 is 2.68 bits per heavy atom. The maximum Gasteiger partial charge on any atom is 0.335 e. The van der Waals surface area contributed by atoms with Gasteiger partial charge in [0, 0.05) is 31.1 Å². The topological polar surface area (TPSA) is 138 Å². The van der Waals surface area contributed by atoms with Gasteiger partial charge in [0.25, 0.3) is 0 Å². The highest BCUT2D eigenvalue weighted by atomic mass is 32.1. The average Bonchev–Trinajstić information content (AvgIpc) is 3.34. The van der Waals surface area contributed by atoms with Crippen LogP contribution >= 0.6 is 11.3 Å². The third kappa shape index (κ3) is 5.50.